The molecule has 1 heterocycles. The van der Waals surface area contributed by atoms with Crippen LogP contribution in [0.5, 0.6) is 5.75 Å². The number of nitrogens with one attached hydrogen (secondary N) is 1. The molecule has 0 aliphatic carbocycles. The van der Waals surface area contributed by atoms with Crippen molar-refractivity contribution in [2.24, 2.45) is 0 Å². The average molecular weight is 228 g/mol. The van der Waals surface area contributed by atoms with Crippen LogP contribution in [0.3, 0.4) is 0 Å². The number of anilines is 1. The number of ether oxygens (including phenoxy) is 1. The second-order valence-corrected chi connectivity index (χ2v) is 3.81. The predicted octanol–water partition coefficient (Wildman–Crippen LogP) is 3.11. The topological polar surface area (TPSA) is 34.2 Å². The van der Waals surface area contributed by atoms with Crippen molar-refractivity contribution in [3.63, 3.8) is 0 Å². The summed E-state index contributed by atoms with van der Waals surface area (Å²) in [6, 6.07) is 10.1. The van der Waals surface area contributed by atoms with Crippen molar-refractivity contribution in [2.75, 3.05) is 19.5 Å². The van der Waals surface area contributed by atoms with Gasteiger partial charge in [-0.15, -0.1) is 0 Å². The van der Waals surface area contributed by atoms with Gasteiger partial charge in [-0.25, -0.2) is 4.98 Å². The van der Waals surface area contributed by atoms with Crippen molar-refractivity contribution >= 4 is 5.82 Å². The molecular formula is C14H16N2O. The molecule has 1 N–H and O–H groups in total. The fourth-order valence-corrected chi connectivity index (χ4v) is 1.87. The lowest BCUT2D eigenvalue weighted by atomic mass is 10.0. The van der Waals surface area contributed by atoms with Gasteiger partial charge in [-0.3, -0.25) is 0 Å². The van der Waals surface area contributed by atoms with Crippen LogP contribution in [-0.2, 0) is 0 Å². The zero-order chi connectivity index (χ0) is 12.3. The molecule has 0 bridgehead atoms. The average Bonchev–Trinajstić information content (AvgIpc) is 2.39. The van der Waals surface area contributed by atoms with Gasteiger partial charge in [0.05, 0.1) is 7.11 Å². The van der Waals surface area contributed by atoms with E-state index in [4.69, 9.17) is 4.74 Å². The quantitative estimate of drug-likeness (QED) is 0.876. The van der Waals surface area contributed by atoms with Crippen LogP contribution in [0.1, 0.15) is 5.56 Å². The van der Waals surface area contributed by atoms with E-state index in [2.05, 4.69) is 29.4 Å². The van der Waals surface area contributed by atoms with Crippen molar-refractivity contribution in [2.45, 2.75) is 6.92 Å². The van der Waals surface area contributed by atoms with E-state index in [0.717, 1.165) is 17.1 Å². The zero-order valence-corrected chi connectivity index (χ0v) is 10.3. The summed E-state index contributed by atoms with van der Waals surface area (Å²) in [7, 11) is 3.55. The molecule has 17 heavy (non-hydrogen) atoms. The third-order valence-corrected chi connectivity index (χ3v) is 2.84. The Hall–Kier alpha value is -2.03. The molecule has 0 aliphatic heterocycles. The highest BCUT2D eigenvalue weighted by atomic mass is 16.5. The van der Waals surface area contributed by atoms with Gasteiger partial charge in [0.15, 0.2) is 0 Å². The summed E-state index contributed by atoms with van der Waals surface area (Å²) in [4.78, 5) is 4.28. The van der Waals surface area contributed by atoms with E-state index >= 15 is 0 Å². The Bertz CT molecular complexity index is 506. The molecule has 0 saturated heterocycles. The number of benzene rings is 1. The highest BCUT2D eigenvalue weighted by Gasteiger charge is 2.06. The lowest BCUT2D eigenvalue weighted by Gasteiger charge is -2.10. The minimum atomic E-state index is 0.870. The highest BCUT2D eigenvalue weighted by molar-refractivity contribution is 5.71. The van der Waals surface area contributed by atoms with Crippen LogP contribution in [0.15, 0.2) is 36.5 Å². The highest BCUT2D eigenvalue weighted by Crippen LogP contribution is 2.27. The molecule has 3 nitrogen and oxygen atoms in total. The summed E-state index contributed by atoms with van der Waals surface area (Å²) in [6.07, 6.45) is 1.82. The monoisotopic (exact) mass is 228 g/mol. The first kappa shape index (κ1) is 11.5. The largest absolute Gasteiger partial charge is 0.497 e. The van der Waals surface area contributed by atoms with Gasteiger partial charge in [-0.2, -0.15) is 0 Å². The molecule has 0 aliphatic rings. The normalized spacial score (nSPS) is 10.1. The zero-order valence-electron chi connectivity index (χ0n) is 10.3. The van der Waals surface area contributed by atoms with E-state index in [1.165, 1.54) is 11.1 Å². The number of nitrogens with zero attached hydrogens (tertiary/aromatic N) is 1. The Morgan fingerprint density at radius 1 is 1.12 bits per heavy atom. The molecule has 0 fully saturated rings. The fraction of sp³-hybridized carbons (Fsp3) is 0.214. The maximum atomic E-state index is 5.16. The number of aromatic nitrogens is 1. The fourth-order valence-electron chi connectivity index (χ4n) is 1.87. The number of hydrogen-bond donors (Lipinski definition) is 1. The molecule has 3 heteroatoms. The maximum Gasteiger partial charge on any atom is 0.129 e. The maximum absolute atomic E-state index is 5.16. The molecule has 1 aromatic heterocycles. The van der Waals surface area contributed by atoms with Crippen LogP contribution < -0.4 is 10.1 Å². The van der Waals surface area contributed by atoms with Crippen LogP contribution in [-0.4, -0.2) is 19.1 Å². The molecule has 0 unspecified atom stereocenters. The molecule has 2 aromatic rings. The van der Waals surface area contributed by atoms with Gasteiger partial charge in [0.25, 0.3) is 0 Å². The molecule has 0 spiro atoms. The molecular weight excluding hydrogens is 212 g/mol. The predicted molar refractivity (Wildman–Crippen MR) is 70.5 cm³/mol. The number of pyridine rings is 1. The van der Waals surface area contributed by atoms with Crippen molar-refractivity contribution < 1.29 is 4.74 Å². The molecule has 2 rings (SSSR count). The lowest BCUT2D eigenvalue weighted by molar-refractivity contribution is 0.415. The van der Waals surface area contributed by atoms with Gasteiger partial charge in [0, 0.05) is 13.2 Å². The van der Waals surface area contributed by atoms with Crippen molar-refractivity contribution in [3.8, 4) is 16.9 Å². The summed E-state index contributed by atoms with van der Waals surface area (Å²) >= 11 is 0. The van der Waals surface area contributed by atoms with Crippen molar-refractivity contribution in [1.29, 1.82) is 0 Å². The SMILES string of the molecule is CNc1nccc(-c2ccc(OC)cc2)c1C. The van der Waals surface area contributed by atoms with E-state index in [9.17, 15) is 0 Å². The van der Waals surface area contributed by atoms with Crippen LogP contribution in [0, 0.1) is 6.92 Å². The van der Waals surface area contributed by atoms with Crippen LogP contribution >= 0.6 is 0 Å². The van der Waals surface area contributed by atoms with Gasteiger partial charge in [-0.1, -0.05) is 12.1 Å². The Morgan fingerprint density at radius 3 is 2.41 bits per heavy atom. The Kier molecular flexibility index (Phi) is 3.28. The second kappa shape index (κ2) is 4.87. The molecule has 1 aromatic carbocycles. The minimum absolute atomic E-state index is 0.870. The molecule has 88 valence electrons. The van der Waals surface area contributed by atoms with E-state index in [1.54, 1.807) is 7.11 Å². The van der Waals surface area contributed by atoms with Gasteiger partial charge in [-0.05, 0) is 41.8 Å². The van der Waals surface area contributed by atoms with Crippen LogP contribution in [0.25, 0.3) is 11.1 Å². The van der Waals surface area contributed by atoms with E-state index < -0.39 is 0 Å². The van der Waals surface area contributed by atoms with Gasteiger partial charge < -0.3 is 10.1 Å². The summed E-state index contributed by atoms with van der Waals surface area (Å²) in [5.74, 6) is 1.78. The number of hydrogen-bond acceptors (Lipinski definition) is 3. The number of methoxy groups -OCH3 is 1. The van der Waals surface area contributed by atoms with E-state index in [0.29, 0.717) is 0 Å². The van der Waals surface area contributed by atoms with Gasteiger partial charge >= 0.3 is 0 Å². The Balaban J connectivity index is 2.45. The first-order valence-electron chi connectivity index (χ1n) is 5.54. The smallest absolute Gasteiger partial charge is 0.129 e. The van der Waals surface area contributed by atoms with E-state index in [-0.39, 0.29) is 0 Å². The first-order valence-corrected chi connectivity index (χ1v) is 5.54. The Labute approximate surface area is 101 Å². The van der Waals surface area contributed by atoms with Crippen LogP contribution in [0.2, 0.25) is 0 Å². The third kappa shape index (κ3) is 2.23. The lowest BCUT2D eigenvalue weighted by Crippen LogP contribution is -1.96. The standard InChI is InChI=1S/C14H16N2O/c1-10-13(8-9-16-14(10)15-2)11-4-6-12(17-3)7-5-11/h4-9H,1-3H3,(H,15,16). The van der Waals surface area contributed by atoms with E-state index in [1.807, 2.05) is 31.4 Å². The van der Waals surface area contributed by atoms with Crippen molar-refractivity contribution in [1.82, 2.24) is 4.98 Å². The molecule has 0 saturated carbocycles. The first-order chi connectivity index (χ1) is 8.26. The Morgan fingerprint density at radius 2 is 1.82 bits per heavy atom. The second-order valence-electron chi connectivity index (χ2n) is 3.81. The summed E-state index contributed by atoms with van der Waals surface area (Å²) in [5.41, 5.74) is 3.51. The van der Waals surface area contributed by atoms with Gasteiger partial charge in [0.1, 0.15) is 11.6 Å². The molecule has 0 radical (unpaired) electrons. The summed E-state index contributed by atoms with van der Waals surface area (Å²) < 4.78 is 5.16. The van der Waals surface area contributed by atoms with Gasteiger partial charge in [0.2, 0.25) is 0 Å². The third-order valence-electron chi connectivity index (χ3n) is 2.84. The summed E-state index contributed by atoms with van der Waals surface area (Å²) in [6.45, 7) is 2.07. The number of rotatable bonds is 3. The minimum Gasteiger partial charge on any atom is -0.497 e. The molecule has 0 amide bonds. The van der Waals surface area contributed by atoms with Crippen LogP contribution in [0.4, 0.5) is 5.82 Å². The molecule has 0 atom stereocenters. The summed E-state index contributed by atoms with van der Waals surface area (Å²) in [5, 5.41) is 3.09. The van der Waals surface area contributed by atoms with Crippen molar-refractivity contribution in [3.05, 3.63) is 42.1 Å².